The molecule has 2 saturated heterocycles. The Hall–Kier alpha value is -1.35. The molecule has 0 saturated carbocycles. The lowest BCUT2D eigenvalue weighted by Crippen LogP contribution is -2.51. The van der Waals surface area contributed by atoms with Crippen molar-refractivity contribution >= 4 is 28.3 Å². The number of piperazine rings is 1. The molecule has 0 aliphatic carbocycles. The Morgan fingerprint density at radius 2 is 2.00 bits per heavy atom. The molecule has 0 radical (unpaired) electrons. The van der Waals surface area contributed by atoms with Crippen molar-refractivity contribution in [2.45, 2.75) is 24.7 Å². The fourth-order valence-corrected chi connectivity index (χ4v) is 5.11. The number of piperidine rings is 1. The highest BCUT2D eigenvalue weighted by molar-refractivity contribution is 7.89. The first-order valence-electron chi connectivity index (χ1n) is 9.25. The number of nitrogens with zero attached hydrogens (tertiary/aromatic N) is 2. The van der Waals surface area contributed by atoms with Gasteiger partial charge in [0.05, 0.1) is 17.4 Å². The minimum absolute atomic E-state index is 0. The SMILES string of the molecule is CCOc1cccc(S(=O)(=O)N2CCCC(C(=O)N3CCNCC3)C2)c1.Cl. The first-order chi connectivity index (χ1) is 12.5. The quantitative estimate of drug-likeness (QED) is 0.782. The van der Waals surface area contributed by atoms with E-state index in [4.69, 9.17) is 4.74 Å². The van der Waals surface area contributed by atoms with Crippen LogP contribution in [-0.4, -0.2) is 69.4 Å². The van der Waals surface area contributed by atoms with Gasteiger partial charge in [-0.1, -0.05) is 6.07 Å². The van der Waals surface area contributed by atoms with Gasteiger partial charge in [-0.15, -0.1) is 12.4 Å². The zero-order valence-electron chi connectivity index (χ0n) is 15.6. The molecule has 2 aliphatic rings. The summed E-state index contributed by atoms with van der Waals surface area (Å²) < 4.78 is 32.9. The molecule has 0 spiro atoms. The number of carbonyl (C=O) groups excluding carboxylic acids is 1. The number of hydrogen-bond acceptors (Lipinski definition) is 5. The van der Waals surface area contributed by atoms with E-state index in [9.17, 15) is 13.2 Å². The van der Waals surface area contributed by atoms with E-state index in [1.807, 2.05) is 11.8 Å². The van der Waals surface area contributed by atoms with Crippen molar-refractivity contribution in [3.05, 3.63) is 24.3 Å². The fourth-order valence-electron chi connectivity index (χ4n) is 3.55. The van der Waals surface area contributed by atoms with Crippen LogP contribution >= 0.6 is 12.4 Å². The van der Waals surface area contributed by atoms with Gasteiger partial charge in [-0.2, -0.15) is 4.31 Å². The van der Waals surface area contributed by atoms with E-state index < -0.39 is 10.0 Å². The number of rotatable bonds is 5. The van der Waals surface area contributed by atoms with Crippen LogP contribution in [0.25, 0.3) is 0 Å². The maximum absolute atomic E-state index is 13.0. The number of sulfonamides is 1. The second kappa shape index (κ2) is 9.73. The lowest BCUT2D eigenvalue weighted by Gasteiger charge is -2.35. The molecule has 9 heteroatoms. The molecule has 2 fully saturated rings. The van der Waals surface area contributed by atoms with Crippen LogP contribution in [0.3, 0.4) is 0 Å². The molecule has 2 aliphatic heterocycles. The second-order valence-corrected chi connectivity index (χ2v) is 8.62. The average Bonchev–Trinajstić information content (AvgIpc) is 2.69. The summed E-state index contributed by atoms with van der Waals surface area (Å²) in [6, 6.07) is 6.57. The normalized spacial score (nSPS) is 21.4. The Morgan fingerprint density at radius 1 is 1.26 bits per heavy atom. The van der Waals surface area contributed by atoms with Crippen molar-refractivity contribution < 1.29 is 17.9 Å². The summed E-state index contributed by atoms with van der Waals surface area (Å²) in [5.74, 6) is 0.361. The molecule has 2 heterocycles. The molecule has 0 aromatic heterocycles. The predicted molar refractivity (Wildman–Crippen MR) is 106 cm³/mol. The molecule has 152 valence electrons. The van der Waals surface area contributed by atoms with Crippen molar-refractivity contribution in [1.82, 2.24) is 14.5 Å². The summed E-state index contributed by atoms with van der Waals surface area (Å²) in [5.41, 5.74) is 0. The molecule has 3 rings (SSSR count). The van der Waals surface area contributed by atoms with E-state index in [1.165, 1.54) is 4.31 Å². The highest BCUT2D eigenvalue weighted by Gasteiger charge is 2.35. The van der Waals surface area contributed by atoms with Gasteiger partial charge in [-0.25, -0.2) is 8.42 Å². The van der Waals surface area contributed by atoms with Gasteiger partial charge in [-0.05, 0) is 31.9 Å². The minimum atomic E-state index is -3.63. The number of halogens is 1. The summed E-state index contributed by atoms with van der Waals surface area (Å²) in [7, 11) is -3.63. The molecule has 1 aromatic carbocycles. The van der Waals surface area contributed by atoms with Crippen molar-refractivity contribution in [1.29, 1.82) is 0 Å². The number of amides is 1. The first-order valence-corrected chi connectivity index (χ1v) is 10.7. The smallest absolute Gasteiger partial charge is 0.243 e. The van der Waals surface area contributed by atoms with Gasteiger partial charge >= 0.3 is 0 Å². The van der Waals surface area contributed by atoms with Crippen LogP contribution in [-0.2, 0) is 14.8 Å². The summed E-state index contributed by atoms with van der Waals surface area (Å²) in [4.78, 5) is 14.8. The third-order valence-corrected chi connectivity index (χ3v) is 6.78. The maximum atomic E-state index is 13.0. The van der Waals surface area contributed by atoms with E-state index in [0.717, 1.165) is 19.5 Å². The third-order valence-electron chi connectivity index (χ3n) is 4.92. The maximum Gasteiger partial charge on any atom is 0.243 e. The van der Waals surface area contributed by atoms with Crippen molar-refractivity contribution in [3.63, 3.8) is 0 Å². The van der Waals surface area contributed by atoms with Crippen LogP contribution in [0.2, 0.25) is 0 Å². The minimum Gasteiger partial charge on any atom is -0.494 e. The van der Waals surface area contributed by atoms with Gasteiger partial charge in [0, 0.05) is 45.3 Å². The zero-order chi connectivity index (χ0) is 18.6. The van der Waals surface area contributed by atoms with Crippen molar-refractivity contribution in [3.8, 4) is 5.75 Å². The van der Waals surface area contributed by atoms with Gasteiger partial charge in [0.1, 0.15) is 5.75 Å². The monoisotopic (exact) mass is 417 g/mol. The first kappa shape index (κ1) is 21.9. The Bertz CT molecular complexity index is 738. The predicted octanol–water partition coefficient (Wildman–Crippen LogP) is 1.34. The number of hydrogen-bond donors (Lipinski definition) is 1. The van der Waals surface area contributed by atoms with Crippen LogP contribution in [0.4, 0.5) is 0 Å². The van der Waals surface area contributed by atoms with Crippen molar-refractivity contribution in [2.75, 3.05) is 45.9 Å². The fraction of sp³-hybridized carbons (Fsp3) is 0.611. The lowest BCUT2D eigenvalue weighted by molar-refractivity contribution is -0.137. The Balaban J connectivity index is 0.00000261. The summed E-state index contributed by atoms with van der Waals surface area (Å²) in [6.07, 6.45) is 1.45. The van der Waals surface area contributed by atoms with Gasteiger partial charge in [0.25, 0.3) is 0 Å². The molecule has 1 unspecified atom stereocenters. The van der Waals surface area contributed by atoms with Crippen LogP contribution in [0.1, 0.15) is 19.8 Å². The van der Waals surface area contributed by atoms with Crippen LogP contribution in [0, 0.1) is 5.92 Å². The highest BCUT2D eigenvalue weighted by Crippen LogP contribution is 2.27. The van der Waals surface area contributed by atoms with Gasteiger partial charge in [0.2, 0.25) is 15.9 Å². The number of benzene rings is 1. The lowest BCUT2D eigenvalue weighted by atomic mass is 9.98. The van der Waals surface area contributed by atoms with Gasteiger partial charge in [0.15, 0.2) is 0 Å². The Morgan fingerprint density at radius 3 is 2.70 bits per heavy atom. The van der Waals surface area contributed by atoms with E-state index in [2.05, 4.69) is 5.32 Å². The second-order valence-electron chi connectivity index (χ2n) is 6.69. The van der Waals surface area contributed by atoms with E-state index in [0.29, 0.717) is 38.4 Å². The average molecular weight is 418 g/mol. The number of ether oxygens (including phenoxy) is 1. The van der Waals surface area contributed by atoms with E-state index in [-0.39, 0.29) is 35.7 Å². The molecule has 27 heavy (non-hydrogen) atoms. The summed E-state index contributed by atoms with van der Waals surface area (Å²) in [5, 5.41) is 3.23. The molecule has 7 nitrogen and oxygen atoms in total. The topological polar surface area (TPSA) is 79.0 Å². The molecule has 1 aromatic rings. The van der Waals surface area contributed by atoms with E-state index >= 15 is 0 Å². The molecule has 0 bridgehead atoms. The summed E-state index contributed by atoms with van der Waals surface area (Å²) in [6.45, 7) is 6.02. The van der Waals surface area contributed by atoms with E-state index in [1.54, 1.807) is 24.3 Å². The molecule has 1 amide bonds. The Kier molecular flexibility index (Phi) is 7.91. The molecular weight excluding hydrogens is 390 g/mol. The molecular formula is C18H28ClN3O4S. The van der Waals surface area contributed by atoms with Crippen LogP contribution in [0.15, 0.2) is 29.2 Å². The molecule has 1 N–H and O–H groups in total. The molecule has 1 atom stereocenters. The van der Waals surface area contributed by atoms with Gasteiger partial charge in [-0.3, -0.25) is 4.79 Å². The largest absolute Gasteiger partial charge is 0.494 e. The number of nitrogens with one attached hydrogen (secondary N) is 1. The van der Waals surface area contributed by atoms with Crippen LogP contribution in [0.5, 0.6) is 5.75 Å². The van der Waals surface area contributed by atoms with Crippen molar-refractivity contribution in [2.24, 2.45) is 5.92 Å². The van der Waals surface area contributed by atoms with Gasteiger partial charge < -0.3 is 15.0 Å². The Labute approximate surface area is 167 Å². The standard InChI is InChI=1S/C18H27N3O4S.ClH/c1-2-25-16-6-3-7-17(13-16)26(23,24)21-10-4-5-15(14-21)18(22)20-11-8-19-9-12-20;/h3,6-7,13,15,19H,2,4-5,8-12,14H2,1H3;1H. The number of carbonyl (C=O) groups is 1. The summed E-state index contributed by atoms with van der Waals surface area (Å²) >= 11 is 0. The highest BCUT2D eigenvalue weighted by atomic mass is 35.5. The van der Waals surface area contributed by atoms with Crippen LogP contribution < -0.4 is 10.1 Å². The third kappa shape index (κ3) is 5.13. The zero-order valence-corrected chi connectivity index (χ0v) is 17.2.